The Bertz CT molecular complexity index is 1070. The molecule has 3 aromatic carbocycles. The van der Waals surface area contributed by atoms with Gasteiger partial charge in [-0.3, -0.25) is 4.79 Å². The Hall–Kier alpha value is -3.03. The Kier molecular flexibility index (Phi) is 9.36. The van der Waals surface area contributed by atoms with E-state index >= 15 is 0 Å². The number of ether oxygens (including phenoxy) is 1. The van der Waals surface area contributed by atoms with E-state index in [1.54, 1.807) is 6.08 Å². The van der Waals surface area contributed by atoms with Gasteiger partial charge >= 0.3 is 5.97 Å². The molecule has 3 rings (SSSR count). The number of ketones is 1. The topological polar surface area (TPSA) is 43.4 Å². The van der Waals surface area contributed by atoms with Crippen LogP contribution in [0.4, 0.5) is 0 Å². The quantitative estimate of drug-likeness (QED) is 0.213. The molecule has 0 unspecified atom stereocenters. The zero-order valence-electron chi connectivity index (χ0n) is 20.3. The molecule has 34 heavy (non-hydrogen) atoms. The summed E-state index contributed by atoms with van der Waals surface area (Å²) in [4.78, 5) is 24.8. The standard InChI is InChI=1S/C30H33O3P/c1-22(2)29(23(3)14-13-15-24(4)31)33-30(32)27-20-11-12-21-28(27)34(25-16-7-5-8-17-25)26-18-9-6-10-19-26/h5-13,15-23,29H,14H2,1-4H3/b15-13+/t23-,29-/m1/s1. The Morgan fingerprint density at radius 1 is 0.824 bits per heavy atom. The summed E-state index contributed by atoms with van der Waals surface area (Å²) in [6.07, 6.45) is 3.88. The molecule has 0 fully saturated rings. The number of allylic oxidation sites excluding steroid dienone is 2. The van der Waals surface area contributed by atoms with Crippen LogP contribution in [0.25, 0.3) is 0 Å². The monoisotopic (exact) mass is 472 g/mol. The summed E-state index contributed by atoms with van der Waals surface area (Å²) >= 11 is 0. The van der Waals surface area contributed by atoms with Crippen LogP contribution in [0, 0.1) is 11.8 Å². The Labute approximate surface area is 204 Å². The van der Waals surface area contributed by atoms with Gasteiger partial charge in [-0.05, 0) is 61.2 Å². The van der Waals surface area contributed by atoms with E-state index in [9.17, 15) is 9.59 Å². The molecule has 0 bridgehead atoms. The molecule has 0 saturated heterocycles. The van der Waals surface area contributed by atoms with Gasteiger partial charge in [0.2, 0.25) is 0 Å². The van der Waals surface area contributed by atoms with Crippen molar-refractivity contribution in [2.45, 2.75) is 40.2 Å². The fourth-order valence-electron chi connectivity index (χ4n) is 4.10. The van der Waals surface area contributed by atoms with Crippen LogP contribution in [0.1, 0.15) is 44.5 Å². The molecular weight excluding hydrogens is 439 g/mol. The van der Waals surface area contributed by atoms with Gasteiger partial charge in [0.25, 0.3) is 0 Å². The van der Waals surface area contributed by atoms with Crippen molar-refractivity contribution in [1.29, 1.82) is 0 Å². The van der Waals surface area contributed by atoms with Crippen molar-refractivity contribution in [3.05, 3.63) is 103 Å². The highest BCUT2D eigenvalue weighted by atomic mass is 31.1. The molecule has 176 valence electrons. The zero-order chi connectivity index (χ0) is 24.5. The van der Waals surface area contributed by atoms with E-state index in [0.717, 1.165) is 5.30 Å². The highest BCUT2D eigenvalue weighted by Crippen LogP contribution is 2.34. The van der Waals surface area contributed by atoms with E-state index in [-0.39, 0.29) is 29.7 Å². The first-order valence-corrected chi connectivity index (χ1v) is 13.1. The van der Waals surface area contributed by atoms with Crippen molar-refractivity contribution >= 4 is 35.6 Å². The van der Waals surface area contributed by atoms with Gasteiger partial charge in [0, 0.05) is 0 Å². The fourth-order valence-corrected chi connectivity index (χ4v) is 6.54. The van der Waals surface area contributed by atoms with Crippen LogP contribution in [0.2, 0.25) is 0 Å². The van der Waals surface area contributed by atoms with Gasteiger partial charge in [-0.1, -0.05) is 106 Å². The van der Waals surface area contributed by atoms with E-state index < -0.39 is 7.92 Å². The molecule has 0 heterocycles. The molecule has 0 aliphatic rings. The van der Waals surface area contributed by atoms with Gasteiger partial charge in [-0.15, -0.1) is 0 Å². The van der Waals surface area contributed by atoms with Crippen molar-refractivity contribution < 1.29 is 14.3 Å². The van der Waals surface area contributed by atoms with Gasteiger partial charge in [0.1, 0.15) is 6.10 Å². The van der Waals surface area contributed by atoms with Crippen molar-refractivity contribution in [2.75, 3.05) is 0 Å². The minimum atomic E-state index is -0.921. The molecule has 4 heteroatoms. The fraction of sp³-hybridized carbons (Fsp3) is 0.267. The maximum Gasteiger partial charge on any atom is 0.339 e. The summed E-state index contributed by atoms with van der Waals surface area (Å²) in [6, 6.07) is 28.5. The normalized spacial score (nSPS) is 13.2. The summed E-state index contributed by atoms with van der Waals surface area (Å²) in [5, 5.41) is 3.37. The molecule has 3 aromatic rings. The third-order valence-electron chi connectivity index (χ3n) is 5.72. The molecule has 0 amide bonds. The Morgan fingerprint density at radius 2 is 1.35 bits per heavy atom. The molecule has 0 aliphatic heterocycles. The molecular formula is C30H33O3P. The summed E-state index contributed by atoms with van der Waals surface area (Å²) in [5.74, 6) is -0.0245. The molecule has 3 nitrogen and oxygen atoms in total. The van der Waals surface area contributed by atoms with E-state index in [1.807, 2.05) is 66.7 Å². The Balaban J connectivity index is 1.95. The van der Waals surface area contributed by atoms with E-state index in [4.69, 9.17) is 4.74 Å². The number of carbonyl (C=O) groups excluding carboxylic acids is 2. The predicted octanol–water partition coefficient (Wildman–Crippen LogP) is 5.80. The molecule has 0 spiro atoms. The molecule has 0 N–H and O–H groups in total. The second kappa shape index (κ2) is 12.4. The number of hydrogen-bond acceptors (Lipinski definition) is 3. The van der Waals surface area contributed by atoms with Crippen LogP contribution in [-0.4, -0.2) is 17.9 Å². The van der Waals surface area contributed by atoms with Gasteiger partial charge in [0.05, 0.1) is 5.56 Å². The number of benzene rings is 3. The molecule has 0 radical (unpaired) electrons. The second-order valence-electron chi connectivity index (χ2n) is 8.86. The van der Waals surface area contributed by atoms with Crippen molar-refractivity contribution in [2.24, 2.45) is 11.8 Å². The minimum Gasteiger partial charge on any atom is -0.458 e. The third-order valence-corrected chi connectivity index (χ3v) is 8.22. The lowest BCUT2D eigenvalue weighted by molar-refractivity contribution is -0.112. The minimum absolute atomic E-state index is 0.0226. The zero-order valence-corrected chi connectivity index (χ0v) is 21.2. The third kappa shape index (κ3) is 6.74. The van der Waals surface area contributed by atoms with Gasteiger partial charge in [-0.25, -0.2) is 4.79 Å². The smallest absolute Gasteiger partial charge is 0.339 e. The van der Waals surface area contributed by atoms with Gasteiger partial charge < -0.3 is 4.74 Å². The predicted molar refractivity (Wildman–Crippen MR) is 143 cm³/mol. The Morgan fingerprint density at radius 3 is 1.88 bits per heavy atom. The molecule has 0 aliphatic carbocycles. The molecule has 2 atom stereocenters. The highest BCUT2D eigenvalue weighted by Gasteiger charge is 2.28. The van der Waals surface area contributed by atoms with Crippen molar-refractivity contribution in [3.8, 4) is 0 Å². The number of rotatable bonds is 10. The van der Waals surface area contributed by atoms with Crippen molar-refractivity contribution in [3.63, 3.8) is 0 Å². The van der Waals surface area contributed by atoms with E-state index in [0.29, 0.717) is 12.0 Å². The summed E-state index contributed by atoms with van der Waals surface area (Å²) in [5.41, 5.74) is 0.610. The summed E-state index contributed by atoms with van der Waals surface area (Å²) < 4.78 is 6.13. The molecule has 0 aromatic heterocycles. The maximum atomic E-state index is 13.5. The lowest BCUT2D eigenvalue weighted by Crippen LogP contribution is -2.32. The largest absolute Gasteiger partial charge is 0.458 e. The van der Waals surface area contributed by atoms with Crippen molar-refractivity contribution in [1.82, 2.24) is 0 Å². The second-order valence-corrected chi connectivity index (χ2v) is 11.0. The summed E-state index contributed by atoms with van der Waals surface area (Å²) in [7, 11) is -0.921. The lowest BCUT2D eigenvalue weighted by Gasteiger charge is -2.28. The van der Waals surface area contributed by atoms with Crippen LogP contribution < -0.4 is 15.9 Å². The number of esters is 1. The SMILES string of the molecule is CC(=O)/C=C/C[C@@H](C)[C@H](OC(=O)c1ccccc1P(c1ccccc1)c1ccccc1)C(C)C. The maximum absolute atomic E-state index is 13.5. The first kappa shape index (κ1) is 25.6. The van der Waals surface area contributed by atoms with Crippen LogP contribution >= 0.6 is 7.92 Å². The highest BCUT2D eigenvalue weighted by molar-refractivity contribution is 7.80. The number of carbonyl (C=O) groups is 2. The first-order valence-electron chi connectivity index (χ1n) is 11.8. The average Bonchev–Trinajstić information content (AvgIpc) is 2.83. The number of hydrogen-bond donors (Lipinski definition) is 0. The van der Waals surface area contributed by atoms with E-state index in [1.165, 1.54) is 17.5 Å². The first-order chi connectivity index (χ1) is 16.4. The van der Waals surface area contributed by atoms with Crippen LogP contribution in [0.15, 0.2) is 97.1 Å². The summed E-state index contributed by atoms with van der Waals surface area (Å²) in [6.45, 7) is 7.73. The van der Waals surface area contributed by atoms with Crippen LogP contribution in [-0.2, 0) is 9.53 Å². The van der Waals surface area contributed by atoms with Crippen LogP contribution in [0.3, 0.4) is 0 Å². The lowest BCUT2D eigenvalue weighted by atomic mass is 9.91. The van der Waals surface area contributed by atoms with Crippen LogP contribution in [0.5, 0.6) is 0 Å². The van der Waals surface area contributed by atoms with E-state index in [2.05, 4.69) is 45.0 Å². The van der Waals surface area contributed by atoms with Gasteiger partial charge in [0.15, 0.2) is 5.78 Å². The average molecular weight is 473 g/mol. The molecule has 0 saturated carbocycles. The van der Waals surface area contributed by atoms with Gasteiger partial charge in [-0.2, -0.15) is 0 Å².